The molecule has 0 amide bonds. The predicted octanol–water partition coefficient (Wildman–Crippen LogP) is 2.95. The van der Waals surface area contributed by atoms with Crippen LogP contribution in [0.3, 0.4) is 0 Å². The van der Waals surface area contributed by atoms with Crippen molar-refractivity contribution in [1.29, 1.82) is 0 Å². The lowest BCUT2D eigenvalue weighted by molar-refractivity contribution is 0.232. The molecule has 2 atom stereocenters. The molecule has 0 spiro atoms. The van der Waals surface area contributed by atoms with Crippen LogP contribution in [-0.4, -0.2) is 26.5 Å². The number of hydrogen-bond acceptors (Lipinski definition) is 3. The second-order valence-corrected chi connectivity index (χ2v) is 5.45. The zero-order chi connectivity index (χ0) is 11.6. The molecule has 2 unspecified atom stereocenters. The lowest BCUT2D eigenvalue weighted by atomic mass is 9.93. The van der Waals surface area contributed by atoms with E-state index in [4.69, 9.17) is 23.2 Å². The van der Waals surface area contributed by atoms with Gasteiger partial charge in [-0.3, -0.25) is 0 Å². The van der Waals surface area contributed by atoms with Crippen LogP contribution in [0.2, 0.25) is 0 Å². The molecule has 1 aromatic heterocycles. The number of nitrogens with zero attached hydrogens (tertiary/aromatic N) is 2. The zero-order valence-electron chi connectivity index (χ0n) is 8.54. The summed E-state index contributed by atoms with van der Waals surface area (Å²) in [7, 11) is 0. The second-order valence-electron chi connectivity index (χ2n) is 3.91. The minimum atomic E-state index is -1.10. The quantitative estimate of drug-likeness (QED) is 0.834. The summed E-state index contributed by atoms with van der Waals surface area (Å²) in [5, 5.41) is 3.04. The van der Waals surface area contributed by atoms with E-state index in [1.54, 1.807) is 18.5 Å². The number of nitrogens with one attached hydrogen (secondary N) is 1. The van der Waals surface area contributed by atoms with Crippen molar-refractivity contribution in [3.05, 3.63) is 18.5 Å². The van der Waals surface area contributed by atoms with Gasteiger partial charge in [-0.25, -0.2) is 14.4 Å². The highest BCUT2D eigenvalue weighted by Gasteiger charge is 2.41. The third kappa shape index (κ3) is 2.74. The molecule has 1 fully saturated rings. The fraction of sp³-hybridized carbons (Fsp3) is 0.600. The maximum absolute atomic E-state index is 13.2. The van der Waals surface area contributed by atoms with Gasteiger partial charge < -0.3 is 5.32 Å². The Morgan fingerprint density at radius 3 is 2.62 bits per heavy atom. The summed E-state index contributed by atoms with van der Waals surface area (Å²) in [6.45, 7) is 0. The first kappa shape index (κ1) is 11.9. The van der Waals surface area contributed by atoms with Crippen LogP contribution in [0.4, 0.5) is 10.3 Å². The molecule has 1 aliphatic carbocycles. The van der Waals surface area contributed by atoms with Crippen LogP contribution in [0, 0.1) is 0 Å². The Morgan fingerprint density at radius 1 is 1.31 bits per heavy atom. The van der Waals surface area contributed by atoms with Crippen LogP contribution in [0.15, 0.2) is 18.5 Å². The SMILES string of the molecule is FC1CCC(Nc2ncccn2)C(Cl)(Cl)C1. The minimum Gasteiger partial charge on any atom is -0.348 e. The second kappa shape index (κ2) is 4.72. The highest BCUT2D eigenvalue weighted by atomic mass is 35.5. The summed E-state index contributed by atoms with van der Waals surface area (Å²) in [4.78, 5) is 8.05. The maximum atomic E-state index is 13.2. The maximum Gasteiger partial charge on any atom is 0.222 e. The molecular weight excluding hydrogens is 252 g/mol. The summed E-state index contributed by atoms with van der Waals surface area (Å²) < 4.78 is 12.1. The Kier molecular flexibility index (Phi) is 3.50. The van der Waals surface area contributed by atoms with E-state index >= 15 is 0 Å². The van der Waals surface area contributed by atoms with Gasteiger partial charge in [-0.2, -0.15) is 0 Å². The van der Waals surface area contributed by atoms with Crippen LogP contribution in [0.1, 0.15) is 19.3 Å². The van der Waals surface area contributed by atoms with Crippen molar-refractivity contribution in [1.82, 2.24) is 9.97 Å². The lowest BCUT2D eigenvalue weighted by Crippen LogP contribution is -2.44. The molecule has 0 radical (unpaired) electrons. The first-order valence-electron chi connectivity index (χ1n) is 5.13. The van der Waals surface area contributed by atoms with Crippen LogP contribution >= 0.6 is 23.2 Å². The monoisotopic (exact) mass is 263 g/mol. The molecule has 1 aliphatic rings. The summed E-state index contributed by atoms with van der Waals surface area (Å²) in [5.74, 6) is 0.468. The van der Waals surface area contributed by atoms with Crippen LogP contribution < -0.4 is 5.32 Å². The molecule has 6 heteroatoms. The van der Waals surface area contributed by atoms with Crippen molar-refractivity contribution in [2.45, 2.75) is 35.8 Å². The van der Waals surface area contributed by atoms with E-state index in [1.807, 2.05) is 0 Å². The van der Waals surface area contributed by atoms with Crippen molar-refractivity contribution in [3.63, 3.8) is 0 Å². The number of aromatic nitrogens is 2. The van der Waals surface area contributed by atoms with Crippen molar-refractivity contribution >= 4 is 29.2 Å². The topological polar surface area (TPSA) is 37.8 Å². The number of anilines is 1. The third-order valence-electron chi connectivity index (χ3n) is 2.64. The lowest BCUT2D eigenvalue weighted by Gasteiger charge is -2.36. The van der Waals surface area contributed by atoms with E-state index in [-0.39, 0.29) is 12.5 Å². The molecule has 0 bridgehead atoms. The first-order chi connectivity index (χ1) is 7.58. The fourth-order valence-electron chi connectivity index (χ4n) is 1.81. The molecule has 1 N–H and O–H groups in total. The minimum absolute atomic E-state index is 0.139. The van der Waals surface area contributed by atoms with Crippen molar-refractivity contribution in [2.24, 2.45) is 0 Å². The van der Waals surface area contributed by atoms with Crippen molar-refractivity contribution < 1.29 is 4.39 Å². The van der Waals surface area contributed by atoms with Gasteiger partial charge in [0.05, 0.1) is 6.04 Å². The normalized spacial score (nSPS) is 28.7. The first-order valence-corrected chi connectivity index (χ1v) is 5.89. The molecule has 0 aliphatic heterocycles. The number of hydrogen-bond donors (Lipinski definition) is 1. The largest absolute Gasteiger partial charge is 0.348 e. The number of halogens is 3. The average Bonchev–Trinajstić information content (AvgIpc) is 2.23. The predicted molar refractivity (Wildman–Crippen MR) is 62.6 cm³/mol. The molecule has 16 heavy (non-hydrogen) atoms. The third-order valence-corrected chi connectivity index (χ3v) is 3.48. The average molecular weight is 264 g/mol. The molecule has 88 valence electrons. The van der Waals surface area contributed by atoms with E-state index in [0.717, 1.165) is 0 Å². The Balaban J connectivity index is 2.05. The summed E-state index contributed by atoms with van der Waals surface area (Å²) in [6, 6.07) is 1.50. The highest BCUT2D eigenvalue weighted by molar-refractivity contribution is 6.49. The summed E-state index contributed by atoms with van der Waals surface area (Å²) >= 11 is 12.2. The van der Waals surface area contributed by atoms with E-state index in [1.165, 1.54) is 0 Å². The van der Waals surface area contributed by atoms with Gasteiger partial charge in [0.25, 0.3) is 0 Å². The summed E-state index contributed by atoms with van der Waals surface area (Å²) in [6.07, 6.45) is 3.50. The molecule has 1 aromatic rings. The van der Waals surface area contributed by atoms with Gasteiger partial charge in [-0.15, -0.1) is 0 Å². The van der Waals surface area contributed by atoms with E-state index in [2.05, 4.69) is 15.3 Å². The molecule has 2 rings (SSSR count). The molecule has 0 aromatic carbocycles. The number of rotatable bonds is 2. The molecule has 1 heterocycles. The van der Waals surface area contributed by atoms with Gasteiger partial charge >= 0.3 is 0 Å². The van der Waals surface area contributed by atoms with Crippen molar-refractivity contribution in [2.75, 3.05) is 5.32 Å². The van der Waals surface area contributed by atoms with Crippen molar-refractivity contribution in [3.8, 4) is 0 Å². The fourth-order valence-corrected chi connectivity index (χ4v) is 2.47. The van der Waals surface area contributed by atoms with E-state index in [0.29, 0.717) is 18.8 Å². The van der Waals surface area contributed by atoms with Gasteiger partial charge in [-0.1, -0.05) is 23.2 Å². The van der Waals surface area contributed by atoms with Crippen LogP contribution in [0.5, 0.6) is 0 Å². The van der Waals surface area contributed by atoms with Gasteiger partial charge in [0.15, 0.2) is 0 Å². The molecule has 3 nitrogen and oxygen atoms in total. The Hall–Kier alpha value is -0.610. The van der Waals surface area contributed by atoms with E-state index < -0.39 is 10.5 Å². The summed E-state index contributed by atoms with van der Waals surface area (Å²) in [5.41, 5.74) is 0. The van der Waals surface area contributed by atoms with Gasteiger partial charge in [0.2, 0.25) is 5.95 Å². The Morgan fingerprint density at radius 2 is 2.00 bits per heavy atom. The zero-order valence-corrected chi connectivity index (χ0v) is 10.0. The smallest absolute Gasteiger partial charge is 0.222 e. The Bertz CT molecular complexity index is 347. The van der Waals surface area contributed by atoms with Gasteiger partial charge in [0, 0.05) is 18.8 Å². The van der Waals surface area contributed by atoms with Crippen LogP contribution in [-0.2, 0) is 0 Å². The van der Waals surface area contributed by atoms with E-state index in [9.17, 15) is 4.39 Å². The highest BCUT2D eigenvalue weighted by Crippen LogP contribution is 2.40. The Labute approximate surface area is 103 Å². The van der Waals surface area contributed by atoms with Gasteiger partial charge in [-0.05, 0) is 18.9 Å². The molecular formula is C10H12Cl2FN3. The van der Waals surface area contributed by atoms with Gasteiger partial charge in [0.1, 0.15) is 10.5 Å². The molecule has 1 saturated carbocycles. The standard InChI is InChI=1S/C10H12Cl2FN3/c11-10(12)6-7(13)2-3-8(10)16-9-14-4-1-5-15-9/h1,4-5,7-8H,2-3,6H2,(H,14,15,16). The molecule has 0 saturated heterocycles. The number of alkyl halides is 3. The van der Waals surface area contributed by atoms with Crippen LogP contribution in [0.25, 0.3) is 0 Å².